The monoisotopic (exact) mass is 610 g/mol. The molecule has 0 radical (unpaired) electrons. The lowest BCUT2D eigenvalue weighted by molar-refractivity contribution is -0.145. The highest BCUT2D eigenvalue weighted by molar-refractivity contribution is 5.95. The van der Waals surface area contributed by atoms with Crippen LogP contribution in [0.25, 0.3) is 0 Å². The number of amides is 4. The zero-order chi connectivity index (χ0) is 32.7. The Labute approximate surface area is 246 Å². The quantitative estimate of drug-likeness (QED) is 0.0427. The topological polar surface area (TPSA) is 322 Å². The van der Waals surface area contributed by atoms with Crippen LogP contribution in [0.4, 0.5) is 0 Å². The van der Waals surface area contributed by atoms with E-state index in [4.69, 9.17) is 17.2 Å². The number of phenolic OH excluding ortho intramolecular Hbond substituents is 1. The van der Waals surface area contributed by atoms with Gasteiger partial charge < -0.3 is 58.9 Å². The van der Waals surface area contributed by atoms with E-state index in [1.807, 2.05) is 0 Å². The van der Waals surface area contributed by atoms with Crippen LogP contribution in [0.1, 0.15) is 31.7 Å². The summed E-state index contributed by atoms with van der Waals surface area (Å²) in [6.45, 7) is 0.469. The number of carboxylic acid groups (broad SMARTS) is 2. The molecule has 1 rings (SSSR count). The molecule has 0 fully saturated rings. The number of hydrogen-bond acceptors (Lipinski definition) is 10. The van der Waals surface area contributed by atoms with Crippen LogP contribution < -0.4 is 38.5 Å². The number of nitrogens with two attached hydrogens (primary N) is 3. The maximum absolute atomic E-state index is 12.7. The number of guanidine groups is 1. The largest absolute Gasteiger partial charge is 0.508 e. The van der Waals surface area contributed by atoms with Crippen molar-refractivity contribution in [3.05, 3.63) is 29.8 Å². The Morgan fingerprint density at radius 1 is 0.907 bits per heavy atom. The van der Waals surface area contributed by atoms with Gasteiger partial charge in [0.25, 0.3) is 0 Å². The summed E-state index contributed by atoms with van der Waals surface area (Å²) in [6.07, 6.45) is -2.18. The lowest BCUT2D eigenvalue weighted by atomic mass is 10.0. The summed E-state index contributed by atoms with van der Waals surface area (Å²) in [4.78, 5) is 76.9. The average Bonchev–Trinajstić information content (AvgIpc) is 2.91. The normalized spacial score (nSPS) is 14.1. The number of aliphatic hydroxyl groups excluding tert-OH is 1. The van der Waals surface area contributed by atoms with E-state index in [2.05, 4.69) is 26.3 Å². The second-order valence-corrected chi connectivity index (χ2v) is 9.49. The molecule has 1 aromatic rings. The number of benzene rings is 1. The van der Waals surface area contributed by atoms with E-state index in [9.17, 15) is 49.2 Å². The molecule has 18 nitrogen and oxygen atoms in total. The molecule has 43 heavy (non-hydrogen) atoms. The van der Waals surface area contributed by atoms with Crippen molar-refractivity contribution in [2.24, 2.45) is 22.2 Å². The molecular formula is C25H38N8O10. The van der Waals surface area contributed by atoms with Crippen molar-refractivity contribution in [1.82, 2.24) is 21.3 Å². The van der Waals surface area contributed by atoms with Gasteiger partial charge in [-0.25, -0.2) is 4.79 Å². The fourth-order valence-corrected chi connectivity index (χ4v) is 3.59. The van der Waals surface area contributed by atoms with E-state index < -0.39 is 78.8 Å². The van der Waals surface area contributed by atoms with Crippen molar-refractivity contribution in [2.75, 3.05) is 13.1 Å². The lowest BCUT2D eigenvalue weighted by Gasteiger charge is -2.23. The van der Waals surface area contributed by atoms with Gasteiger partial charge in [0.1, 0.15) is 17.8 Å². The third kappa shape index (κ3) is 14.0. The number of aromatic hydroxyl groups is 1. The van der Waals surface area contributed by atoms with Gasteiger partial charge in [-0.05, 0) is 43.9 Å². The molecule has 0 spiro atoms. The van der Waals surface area contributed by atoms with E-state index in [0.29, 0.717) is 5.56 Å². The first-order valence-corrected chi connectivity index (χ1v) is 13.0. The molecule has 0 saturated heterocycles. The Morgan fingerprint density at radius 3 is 2.07 bits per heavy atom. The van der Waals surface area contributed by atoms with Gasteiger partial charge in [-0.2, -0.15) is 0 Å². The smallest absolute Gasteiger partial charge is 0.328 e. The average molecular weight is 611 g/mol. The maximum Gasteiger partial charge on any atom is 0.328 e. The van der Waals surface area contributed by atoms with E-state index in [1.165, 1.54) is 24.3 Å². The van der Waals surface area contributed by atoms with E-state index in [1.54, 1.807) is 0 Å². The van der Waals surface area contributed by atoms with Crippen molar-refractivity contribution < 1.29 is 49.2 Å². The van der Waals surface area contributed by atoms with Gasteiger partial charge >= 0.3 is 11.9 Å². The Balaban J connectivity index is 2.85. The molecule has 5 atom stereocenters. The molecule has 1 aromatic carbocycles. The zero-order valence-electron chi connectivity index (χ0n) is 23.4. The Morgan fingerprint density at radius 2 is 1.53 bits per heavy atom. The van der Waals surface area contributed by atoms with E-state index in [0.717, 1.165) is 6.92 Å². The first-order valence-electron chi connectivity index (χ1n) is 13.0. The number of aliphatic imine (C=N–C) groups is 1. The van der Waals surface area contributed by atoms with Crippen molar-refractivity contribution in [3.8, 4) is 5.75 Å². The van der Waals surface area contributed by atoms with Crippen molar-refractivity contribution in [1.29, 1.82) is 0 Å². The Hall–Kier alpha value is -4.97. The van der Waals surface area contributed by atoms with Crippen molar-refractivity contribution in [3.63, 3.8) is 0 Å². The molecule has 14 N–H and O–H groups in total. The second-order valence-electron chi connectivity index (χ2n) is 9.49. The highest BCUT2D eigenvalue weighted by Gasteiger charge is 2.30. The summed E-state index contributed by atoms with van der Waals surface area (Å²) in [5.41, 5.74) is 17.0. The molecule has 4 amide bonds. The molecule has 0 unspecified atom stereocenters. The fourth-order valence-electron chi connectivity index (χ4n) is 3.59. The molecule has 0 heterocycles. The highest BCUT2D eigenvalue weighted by Crippen LogP contribution is 2.11. The number of carboxylic acids is 2. The summed E-state index contributed by atoms with van der Waals surface area (Å²) < 4.78 is 0. The Kier molecular flexibility index (Phi) is 14.9. The van der Waals surface area contributed by atoms with Crippen LogP contribution in [0, 0.1) is 0 Å². The first-order chi connectivity index (χ1) is 20.1. The summed E-state index contributed by atoms with van der Waals surface area (Å²) in [5, 5.41) is 46.3. The zero-order valence-corrected chi connectivity index (χ0v) is 23.4. The van der Waals surface area contributed by atoms with Crippen LogP contribution in [-0.2, 0) is 35.2 Å². The van der Waals surface area contributed by atoms with Crippen LogP contribution in [-0.4, -0.2) is 105 Å². The Bertz CT molecular complexity index is 1170. The van der Waals surface area contributed by atoms with Gasteiger partial charge in [-0.1, -0.05) is 12.1 Å². The van der Waals surface area contributed by atoms with Gasteiger partial charge in [-0.15, -0.1) is 0 Å². The predicted octanol–water partition coefficient (Wildman–Crippen LogP) is -4.17. The number of carbonyl (C=O) groups is 6. The SMILES string of the molecule is C[C@@H](O)[C@H](NC(=O)[C@H](CCCN=C(N)N)NC(=O)CNC(=O)[C@@H](CC(=O)O)NC(=O)[C@@H](N)Cc1ccc(O)cc1)C(=O)O. The minimum atomic E-state index is -1.68. The standard InChI is InChI=1S/C25H38N8O10/c1-12(34)20(24(42)43)33-23(41)16(3-2-8-29-25(27)28)31-18(36)11-30-22(40)17(10-19(37)38)32-21(39)15(26)9-13-4-6-14(35)7-5-13/h4-7,12,15-17,20,34-35H,2-3,8-11,26H2,1H3,(H,30,40)(H,31,36)(H,32,39)(H,33,41)(H,37,38)(H,42,43)(H4,27,28,29)/t12-,15+,16+,17-,20+/m1/s1. The number of aliphatic hydroxyl groups is 1. The molecule has 0 saturated carbocycles. The lowest BCUT2D eigenvalue weighted by Crippen LogP contribution is -2.56. The maximum atomic E-state index is 12.7. The summed E-state index contributed by atoms with van der Waals surface area (Å²) in [5.74, 6) is -6.89. The molecule has 0 aromatic heterocycles. The van der Waals surface area contributed by atoms with Gasteiger partial charge in [-0.3, -0.25) is 29.0 Å². The van der Waals surface area contributed by atoms with Gasteiger partial charge in [0.2, 0.25) is 23.6 Å². The van der Waals surface area contributed by atoms with Crippen LogP contribution in [0.2, 0.25) is 0 Å². The number of nitrogens with one attached hydrogen (secondary N) is 4. The molecule has 0 bridgehead atoms. The number of rotatable bonds is 18. The third-order valence-corrected chi connectivity index (χ3v) is 5.81. The van der Waals surface area contributed by atoms with Crippen molar-refractivity contribution in [2.45, 2.75) is 62.9 Å². The minimum Gasteiger partial charge on any atom is -0.508 e. The van der Waals surface area contributed by atoms with Crippen LogP contribution in [0.15, 0.2) is 29.3 Å². The summed E-state index contributed by atoms with van der Waals surface area (Å²) in [7, 11) is 0. The number of phenols is 1. The number of hydrogen-bond donors (Lipinski definition) is 11. The summed E-state index contributed by atoms with van der Waals surface area (Å²) >= 11 is 0. The molecule has 238 valence electrons. The third-order valence-electron chi connectivity index (χ3n) is 5.81. The van der Waals surface area contributed by atoms with E-state index in [-0.39, 0.29) is 37.5 Å². The van der Waals surface area contributed by atoms with Crippen molar-refractivity contribution >= 4 is 41.5 Å². The van der Waals surface area contributed by atoms with Gasteiger partial charge in [0, 0.05) is 6.54 Å². The molecule has 0 aliphatic carbocycles. The summed E-state index contributed by atoms with van der Waals surface area (Å²) in [6, 6.07) is 0.0582. The molecule has 18 heteroatoms. The predicted molar refractivity (Wildman–Crippen MR) is 150 cm³/mol. The van der Waals surface area contributed by atoms with E-state index >= 15 is 0 Å². The van der Waals surface area contributed by atoms with Crippen LogP contribution in [0.3, 0.4) is 0 Å². The number of carbonyl (C=O) groups excluding carboxylic acids is 4. The highest BCUT2D eigenvalue weighted by atomic mass is 16.4. The molecular weight excluding hydrogens is 572 g/mol. The van der Waals surface area contributed by atoms with Gasteiger partial charge in [0.05, 0.1) is 25.1 Å². The molecule has 0 aliphatic heterocycles. The number of aliphatic carboxylic acids is 2. The number of nitrogens with zero attached hydrogens (tertiary/aromatic N) is 1. The van der Waals surface area contributed by atoms with Crippen LogP contribution in [0.5, 0.6) is 5.75 Å². The second kappa shape index (κ2) is 17.8. The first kappa shape index (κ1) is 36.1. The fraction of sp³-hybridized carbons (Fsp3) is 0.480. The molecule has 0 aliphatic rings. The van der Waals surface area contributed by atoms with Crippen LogP contribution >= 0.6 is 0 Å². The van der Waals surface area contributed by atoms with Gasteiger partial charge in [0.15, 0.2) is 12.0 Å². The minimum absolute atomic E-state index is 0.00566.